The van der Waals surface area contributed by atoms with E-state index in [2.05, 4.69) is 31.9 Å². The fourth-order valence-electron chi connectivity index (χ4n) is 3.76. The van der Waals surface area contributed by atoms with Crippen LogP contribution in [0.4, 0.5) is 0 Å². The number of hydrogen-bond donors (Lipinski definition) is 1. The van der Waals surface area contributed by atoms with Crippen molar-refractivity contribution >= 4 is 17.0 Å². The van der Waals surface area contributed by atoms with Gasteiger partial charge in [0, 0.05) is 30.8 Å². The van der Waals surface area contributed by atoms with Crippen molar-refractivity contribution in [2.45, 2.75) is 38.3 Å². The summed E-state index contributed by atoms with van der Waals surface area (Å²) >= 11 is 0. The average Bonchev–Trinajstić information content (AvgIpc) is 3.33. The zero-order chi connectivity index (χ0) is 18.6. The number of nitrogens with zero attached hydrogens (tertiary/aromatic N) is 4. The van der Waals surface area contributed by atoms with Crippen LogP contribution in [-0.4, -0.2) is 50.8 Å². The van der Waals surface area contributed by atoms with E-state index in [0.29, 0.717) is 18.9 Å². The number of piperidine rings is 1. The van der Waals surface area contributed by atoms with Crippen LogP contribution in [-0.2, 0) is 22.6 Å². The van der Waals surface area contributed by atoms with Crippen molar-refractivity contribution in [1.82, 2.24) is 24.6 Å². The van der Waals surface area contributed by atoms with Crippen LogP contribution < -0.4 is 0 Å². The number of nitrogens with one attached hydrogen (secondary N) is 1. The molecule has 1 fully saturated rings. The summed E-state index contributed by atoms with van der Waals surface area (Å²) in [7, 11) is 1.41. The van der Waals surface area contributed by atoms with Crippen molar-refractivity contribution in [1.29, 1.82) is 0 Å². The summed E-state index contributed by atoms with van der Waals surface area (Å²) in [6.07, 6.45) is 6.58. The van der Waals surface area contributed by atoms with Crippen LogP contribution >= 0.6 is 0 Å². The average molecular weight is 367 g/mol. The van der Waals surface area contributed by atoms with Crippen molar-refractivity contribution in [3.05, 3.63) is 48.0 Å². The first-order valence-corrected chi connectivity index (χ1v) is 9.46. The predicted octanol–water partition coefficient (Wildman–Crippen LogP) is 2.70. The maximum atomic E-state index is 11.3. The molecule has 0 aliphatic carbocycles. The van der Waals surface area contributed by atoms with E-state index in [1.807, 2.05) is 29.2 Å². The van der Waals surface area contributed by atoms with E-state index >= 15 is 0 Å². The predicted molar refractivity (Wildman–Crippen MR) is 102 cm³/mol. The molecule has 1 aliphatic heterocycles. The lowest BCUT2D eigenvalue weighted by atomic mass is 9.97. The van der Waals surface area contributed by atoms with E-state index < -0.39 is 0 Å². The summed E-state index contributed by atoms with van der Waals surface area (Å²) in [5.41, 5.74) is 3.32. The lowest BCUT2D eigenvalue weighted by Gasteiger charge is -2.31. The number of aromatic nitrogens is 4. The van der Waals surface area contributed by atoms with E-state index in [1.165, 1.54) is 12.7 Å². The molecule has 0 saturated carbocycles. The fraction of sp³-hybridized carbons (Fsp3) is 0.450. The van der Waals surface area contributed by atoms with Crippen molar-refractivity contribution in [3.8, 4) is 0 Å². The van der Waals surface area contributed by atoms with Gasteiger partial charge < -0.3 is 9.72 Å². The molecule has 7 heteroatoms. The SMILES string of the molecule is COC(=O)CCn1cc(CN2CCC[C@H](c3nc4ccccc4[nH]3)C2)cn1. The van der Waals surface area contributed by atoms with Gasteiger partial charge in [0.2, 0.25) is 0 Å². The van der Waals surface area contributed by atoms with Gasteiger partial charge in [-0.1, -0.05) is 12.1 Å². The summed E-state index contributed by atoms with van der Waals surface area (Å²) in [4.78, 5) is 22.0. The molecule has 1 saturated heterocycles. The number of likely N-dealkylation sites (tertiary alicyclic amines) is 1. The van der Waals surface area contributed by atoms with Crippen molar-refractivity contribution in [2.24, 2.45) is 0 Å². The van der Waals surface area contributed by atoms with Gasteiger partial charge in [-0.2, -0.15) is 5.10 Å². The highest BCUT2D eigenvalue weighted by Gasteiger charge is 2.24. The number of carbonyl (C=O) groups is 1. The normalized spacial score (nSPS) is 18.0. The Bertz CT molecular complexity index is 883. The second-order valence-electron chi connectivity index (χ2n) is 7.15. The molecule has 27 heavy (non-hydrogen) atoms. The van der Waals surface area contributed by atoms with Crippen LogP contribution in [0.15, 0.2) is 36.7 Å². The lowest BCUT2D eigenvalue weighted by Crippen LogP contribution is -2.34. The highest BCUT2D eigenvalue weighted by Crippen LogP contribution is 2.27. The quantitative estimate of drug-likeness (QED) is 0.678. The Morgan fingerprint density at radius 3 is 3.11 bits per heavy atom. The maximum Gasteiger partial charge on any atom is 0.307 e. The minimum atomic E-state index is -0.211. The van der Waals surface area contributed by atoms with E-state index in [1.54, 1.807) is 0 Å². The number of fused-ring (bicyclic) bond motifs is 1. The number of aryl methyl sites for hydroxylation is 1. The van der Waals surface area contributed by atoms with Gasteiger partial charge in [0.05, 0.1) is 37.3 Å². The largest absolute Gasteiger partial charge is 0.469 e. The van der Waals surface area contributed by atoms with Crippen LogP contribution in [0.5, 0.6) is 0 Å². The van der Waals surface area contributed by atoms with Gasteiger partial charge in [-0.3, -0.25) is 14.4 Å². The second-order valence-corrected chi connectivity index (χ2v) is 7.15. The zero-order valence-corrected chi connectivity index (χ0v) is 15.6. The topological polar surface area (TPSA) is 76.0 Å². The molecule has 3 heterocycles. The van der Waals surface area contributed by atoms with Gasteiger partial charge in [-0.15, -0.1) is 0 Å². The van der Waals surface area contributed by atoms with E-state index in [-0.39, 0.29) is 5.97 Å². The van der Waals surface area contributed by atoms with Crippen molar-refractivity contribution in [3.63, 3.8) is 0 Å². The summed E-state index contributed by atoms with van der Waals surface area (Å²) < 4.78 is 6.49. The molecular formula is C20H25N5O2. The molecular weight excluding hydrogens is 342 g/mol. The monoisotopic (exact) mass is 367 g/mol. The minimum Gasteiger partial charge on any atom is -0.469 e. The number of H-pyrrole nitrogens is 1. The van der Waals surface area contributed by atoms with E-state index in [4.69, 9.17) is 4.98 Å². The van der Waals surface area contributed by atoms with Crippen LogP contribution in [0.1, 0.15) is 36.6 Å². The second kappa shape index (κ2) is 7.92. The molecule has 0 unspecified atom stereocenters. The van der Waals surface area contributed by atoms with Gasteiger partial charge >= 0.3 is 5.97 Å². The van der Waals surface area contributed by atoms with Gasteiger partial charge in [-0.25, -0.2) is 4.98 Å². The van der Waals surface area contributed by atoms with Gasteiger partial charge in [0.1, 0.15) is 5.82 Å². The van der Waals surface area contributed by atoms with Crippen LogP contribution in [0.3, 0.4) is 0 Å². The molecule has 4 rings (SSSR count). The molecule has 1 aliphatic rings. The lowest BCUT2D eigenvalue weighted by molar-refractivity contribution is -0.140. The third-order valence-corrected chi connectivity index (χ3v) is 5.17. The molecule has 0 bridgehead atoms. The smallest absolute Gasteiger partial charge is 0.307 e. The zero-order valence-electron chi connectivity index (χ0n) is 15.6. The Hall–Kier alpha value is -2.67. The highest BCUT2D eigenvalue weighted by molar-refractivity contribution is 5.74. The van der Waals surface area contributed by atoms with E-state index in [0.717, 1.165) is 49.3 Å². The van der Waals surface area contributed by atoms with E-state index in [9.17, 15) is 4.79 Å². The first-order valence-electron chi connectivity index (χ1n) is 9.46. The Morgan fingerprint density at radius 1 is 1.37 bits per heavy atom. The first-order chi connectivity index (χ1) is 13.2. The molecule has 0 amide bonds. The Kier molecular flexibility index (Phi) is 5.20. The maximum absolute atomic E-state index is 11.3. The summed E-state index contributed by atoms with van der Waals surface area (Å²) in [5.74, 6) is 1.31. The first kappa shape index (κ1) is 17.7. The number of aromatic amines is 1. The number of carbonyl (C=O) groups excluding carboxylic acids is 1. The number of hydrogen-bond acceptors (Lipinski definition) is 5. The van der Waals surface area contributed by atoms with Crippen molar-refractivity contribution < 1.29 is 9.53 Å². The molecule has 1 N–H and O–H groups in total. The number of rotatable bonds is 6. The molecule has 142 valence electrons. The Morgan fingerprint density at radius 2 is 2.26 bits per heavy atom. The Balaban J connectivity index is 1.37. The van der Waals surface area contributed by atoms with Crippen LogP contribution in [0, 0.1) is 0 Å². The van der Waals surface area contributed by atoms with Gasteiger partial charge in [0.25, 0.3) is 0 Å². The highest BCUT2D eigenvalue weighted by atomic mass is 16.5. The standard InChI is InChI=1S/C20H25N5O2/c1-27-19(26)8-10-25-13-15(11-21-25)12-24-9-4-5-16(14-24)20-22-17-6-2-3-7-18(17)23-20/h2-3,6-7,11,13,16H,4-5,8-10,12,14H2,1H3,(H,22,23)/t16-/m0/s1. The number of imidazole rings is 1. The number of methoxy groups -OCH3 is 1. The molecule has 0 spiro atoms. The number of benzene rings is 1. The number of para-hydroxylation sites is 2. The summed E-state index contributed by atoms with van der Waals surface area (Å²) in [6.45, 7) is 3.50. The third kappa shape index (κ3) is 4.19. The Labute approximate surface area is 158 Å². The van der Waals surface area contributed by atoms with Crippen LogP contribution in [0.25, 0.3) is 11.0 Å². The van der Waals surface area contributed by atoms with Gasteiger partial charge in [0.15, 0.2) is 0 Å². The molecule has 1 atom stereocenters. The molecule has 7 nitrogen and oxygen atoms in total. The molecule has 3 aromatic rings. The summed E-state index contributed by atoms with van der Waals surface area (Å²) in [6, 6.07) is 8.20. The molecule has 0 radical (unpaired) electrons. The molecule has 1 aromatic carbocycles. The van der Waals surface area contributed by atoms with Crippen LogP contribution in [0.2, 0.25) is 0 Å². The summed E-state index contributed by atoms with van der Waals surface area (Å²) in [5, 5.41) is 4.36. The van der Waals surface area contributed by atoms with Gasteiger partial charge in [-0.05, 0) is 31.5 Å². The number of esters is 1. The van der Waals surface area contributed by atoms with Crippen molar-refractivity contribution in [2.75, 3.05) is 20.2 Å². The fourth-order valence-corrected chi connectivity index (χ4v) is 3.76. The number of ether oxygens (including phenoxy) is 1. The third-order valence-electron chi connectivity index (χ3n) is 5.17. The molecule has 2 aromatic heterocycles. The minimum absolute atomic E-state index is 0.211.